The average molecular weight is 235 g/mol. The first-order chi connectivity index (χ1) is 7.54. The van der Waals surface area contributed by atoms with E-state index in [1.807, 2.05) is 6.07 Å². The molecular weight excluding hydrogens is 228 g/mol. The fourth-order valence-electron chi connectivity index (χ4n) is 1.65. The van der Waals surface area contributed by atoms with Crippen molar-refractivity contribution in [2.75, 3.05) is 0 Å². The Morgan fingerprint density at radius 2 is 2.25 bits per heavy atom. The number of aryl methyl sites for hydroxylation is 1. The van der Waals surface area contributed by atoms with Crippen LogP contribution in [0.5, 0.6) is 0 Å². The van der Waals surface area contributed by atoms with Crippen molar-refractivity contribution in [3.8, 4) is 6.07 Å². The Labute approximate surface area is 96.1 Å². The van der Waals surface area contributed by atoms with Crippen molar-refractivity contribution in [1.29, 1.82) is 5.26 Å². The van der Waals surface area contributed by atoms with Gasteiger partial charge in [0.05, 0.1) is 10.6 Å². The third-order valence-electron chi connectivity index (χ3n) is 2.48. The van der Waals surface area contributed by atoms with Gasteiger partial charge in [0.1, 0.15) is 11.8 Å². The van der Waals surface area contributed by atoms with Crippen LogP contribution in [0.15, 0.2) is 12.1 Å². The van der Waals surface area contributed by atoms with Crippen LogP contribution in [0, 0.1) is 18.3 Å². The molecule has 0 saturated carbocycles. The number of aromatic amines is 1. The topological polar surface area (TPSA) is 76.9 Å². The number of rotatable bonds is 1. The summed E-state index contributed by atoms with van der Waals surface area (Å²) in [6.45, 7) is 1.69. The van der Waals surface area contributed by atoms with Crippen LogP contribution in [0.2, 0.25) is 5.02 Å². The fraction of sp³-hybridized carbons (Fsp3) is 0.0909. The van der Waals surface area contributed by atoms with Crippen LogP contribution in [0.1, 0.15) is 21.6 Å². The van der Waals surface area contributed by atoms with E-state index in [0.717, 1.165) is 0 Å². The molecule has 5 heteroatoms. The van der Waals surface area contributed by atoms with Crippen molar-refractivity contribution in [3.05, 3.63) is 34.0 Å². The predicted molar refractivity (Wildman–Crippen MR) is 59.7 cm³/mol. The Kier molecular flexibility index (Phi) is 2.33. The zero-order valence-corrected chi connectivity index (χ0v) is 9.09. The van der Waals surface area contributed by atoms with Gasteiger partial charge in [0, 0.05) is 10.9 Å². The highest BCUT2D eigenvalue weighted by Gasteiger charge is 2.15. The van der Waals surface area contributed by atoms with Gasteiger partial charge in [-0.1, -0.05) is 11.6 Å². The molecule has 0 amide bonds. The van der Waals surface area contributed by atoms with Gasteiger partial charge < -0.3 is 10.1 Å². The molecule has 1 aromatic heterocycles. The number of benzene rings is 1. The average Bonchev–Trinajstić information content (AvgIpc) is 2.54. The number of nitrogens with zero attached hydrogens (tertiary/aromatic N) is 1. The van der Waals surface area contributed by atoms with Crippen LogP contribution >= 0.6 is 11.6 Å². The van der Waals surface area contributed by atoms with E-state index in [1.165, 1.54) is 0 Å². The molecule has 2 rings (SSSR count). The minimum Gasteiger partial charge on any atom is -0.477 e. The van der Waals surface area contributed by atoms with Gasteiger partial charge in [0.15, 0.2) is 0 Å². The quantitative estimate of drug-likeness (QED) is 0.796. The number of carboxylic acids is 1. The first-order valence-corrected chi connectivity index (χ1v) is 4.87. The van der Waals surface area contributed by atoms with Gasteiger partial charge >= 0.3 is 5.97 Å². The molecule has 0 aliphatic carbocycles. The van der Waals surface area contributed by atoms with Crippen LogP contribution in [0.3, 0.4) is 0 Å². The summed E-state index contributed by atoms with van der Waals surface area (Å²) in [4.78, 5) is 13.7. The molecule has 1 heterocycles. The highest BCUT2D eigenvalue weighted by molar-refractivity contribution is 6.32. The summed E-state index contributed by atoms with van der Waals surface area (Å²) < 4.78 is 0. The number of halogens is 1. The molecule has 0 saturated heterocycles. The van der Waals surface area contributed by atoms with E-state index in [4.69, 9.17) is 22.0 Å². The lowest BCUT2D eigenvalue weighted by atomic mass is 10.1. The van der Waals surface area contributed by atoms with E-state index in [1.54, 1.807) is 19.1 Å². The van der Waals surface area contributed by atoms with Crippen molar-refractivity contribution >= 4 is 28.5 Å². The number of aromatic nitrogens is 1. The maximum absolute atomic E-state index is 10.9. The molecule has 0 spiro atoms. The Hall–Kier alpha value is -1.99. The zero-order chi connectivity index (χ0) is 11.9. The fourth-order valence-corrected chi connectivity index (χ4v) is 1.86. The van der Waals surface area contributed by atoms with Crippen molar-refractivity contribution in [2.45, 2.75) is 6.92 Å². The Morgan fingerprint density at radius 3 is 2.81 bits per heavy atom. The number of hydrogen-bond donors (Lipinski definition) is 2. The summed E-state index contributed by atoms with van der Waals surface area (Å²) in [5, 5.41) is 18.8. The van der Waals surface area contributed by atoms with Gasteiger partial charge in [-0.05, 0) is 24.6 Å². The summed E-state index contributed by atoms with van der Waals surface area (Å²) >= 11 is 5.85. The molecule has 0 aliphatic rings. The smallest absolute Gasteiger partial charge is 0.352 e. The van der Waals surface area contributed by atoms with Crippen LogP contribution in [0.25, 0.3) is 10.9 Å². The second kappa shape index (κ2) is 3.54. The molecular formula is C11H7ClN2O2. The lowest BCUT2D eigenvalue weighted by Crippen LogP contribution is -1.97. The minimum atomic E-state index is -1.02. The Morgan fingerprint density at radius 1 is 1.56 bits per heavy atom. The molecule has 0 atom stereocenters. The number of aromatic carboxylic acids is 1. The number of carbonyl (C=O) groups is 1. The van der Waals surface area contributed by atoms with E-state index in [-0.39, 0.29) is 5.69 Å². The summed E-state index contributed by atoms with van der Waals surface area (Å²) in [5.41, 5.74) is 1.70. The van der Waals surface area contributed by atoms with E-state index in [0.29, 0.717) is 27.1 Å². The molecule has 1 aromatic carbocycles. The first-order valence-electron chi connectivity index (χ1n) is 4.50. The van der Waals surface area contributed by atoms with Gasteiger partial charge in [-0.15, -0.1) is 0 Å². The molecule has 0 unspecified atom stereocenters. The number of fused-ring (bicyclic) bond motifs is 1. The summed E-state index contributed by atoms with van der Waals surface area (Å²) in [6, 6.07) is 5.12. The van der Waals surface area contributed by atoms with Crippen molar-refractivity contribution in [2.24, 2.45) is 0 Å². The van der Waals surface area contributed by atoms with Gasteiger partial charge in [0.25, 0.3) is 0 Å². The first kappa shape index (κ1) is 10.5. The van der Waals surface area contributed by atoms with Crippen LogP contribution in [-0.2, 0) is 0 Å². The number of carboxylic acid groups (broad SMARTS) is 1. The number of nitrogens with one attached hydrogen (secondary N) is 1. The molecule has 80 valence electrons. The molecule has 0 aliphatic heterocycles. The van der Waals surface area contributed by atoms with Gasteiger partial charge in [-0.25, -0.2) is 4.79 Å². The Bertz CT molecular complexity index is 637. The van der Waals surface area contributed by atoms with Crippen LogP contribution in [-0.4, -0.2) is 16.1 Å². The molecule has 0 bridgehead atoms. The second-order valence-corrected chi connectivity index (χ2v) is 3.83. The lowest BCUT2D eigenvalue weighted by Gasteiger charge is -1.95. The van der Waals surface area contributed by atoms with Crippen molar-refractivity contribution < 1.29 is 9.90 Å². The van der Waals surface area contributed by atoms with E-state index in [9.17, 15) is 4.79 Å². The van der Waals surface area contributed by atoms with Crippen LogP contribution < -0.4 is 0 Å². The van der Waals surface area contributed by atoms with Gasteiger partial charge in [0.2, 0.25) is 0 Å². The monoisotopic (exact) mass is 234 g/mol. The van der Waals surface area contributed by atoms with E-state index < -0.39 is 5.97 Å². The second-order valence-electron chi connectivity index (χ2n) is 3.42. The molecule has 0 fully saturated rings. The van der Waals surface area contributed by atoms with E-state index >= 15 is 0 Å². The van der Waals surface area contributed by atoms with Gasteiger partial charge in [-0.3, -0.25) is 0 Å². The molecule has 4 nitrogen and oxygen atoms in total. The number of hydrogen-bond acceptors (Lipinski definition) is 2. The summed E-state index contributed by atoms with van der Waals surface area (Å²) in [6.07, 6.45) is 0. The largest absolute Gasteiger partial charge is 0.477 e. The summed E-state index contributed by atoms with van der Waals surface area (Å²) in [5.74, 6) is -1.02. The number of H-pyrrole nitrogens is 1. The maximum Gasteiger partial charge on any atom is 0.352 e. The Balaban J connectivity index is 2.84. The normalized spacial score (nSPS) is 10.3. The molecule has 2 aromatic rings. The molecule has 16 heavy (non-hydrogen) atoms. The summed E-state index contributed by atoms with van der Waals surface area (Å²) in [7, 11) is 0. The number of nitriles is 1. The van der Waals surface area contributed by atoms with Crippen molar-refractivity contribution in [1.82, 2.24) is 4.98 Å². The SMILES string of the molecule is Cc1c(C(=O)O)[nH]c2cc(Cl)c(C#N)cc12. The third kappa shape index (κ3) is 1.42. The third-order valence-corrected chi connectivity index (χ3v) is 2.79. The van der Waals surface area contributed by atoms with Gasteiger partial charge in [-0.2, -0.15) is 5.26 Å². The minimum absolute atomic E-state index is 0.126. The highest BCUT2D eigenvalue weighted by Crippen LogP contribution is 2.27. The zero-order valence-electron chi connectivity index (χ0n) is 8.34. The predicted octanol–water partition coefficient (Wildman–Crippen LogP) is 2.70. The van der Waals surface area contributed by atoms with E-state index in [2.05, 4.69) is 4.98 Å². The van der Waals surface area contributed by atoms with Crippen LogP contribution in [0.4, 0.5) is 0 Å². The highest BCUT2D eigenvalue weighted by atomic mass is 35.5. The lowest BCUT2D eigenvalue weighted by molar-refractivity contribution is 0.0691. The standard InChI is InChI=1S/C11H7ClN2O2/c1-5-7-2-6(4-13)8(12)3-9(7)14-10(5)11(15)16/h2-3,14H,1H3,(H,15,16). The maximum atomic E-state index is 10.9. The molecule has 2 N–H and O–H groups in total. The van der Waals surface area contributed by atoms with Crippen molar-refractivity contribution in [3.63, 3.8) is 0 Å². The molecule has 0 radical (unpaired) electrons.